The van der Waals surface area contributed by atoms with Crippen LogP contribution in [0.4, 0.5) is 10.1 Å². The number of carbonyl (C=O) groups is 3. The van der Waals surface area contributed by atoms with Crippen molar-refractivity contribution < 1.29 is 23.5 Å². The molecule has 1 amide bonds. The third-order valence-corrected chi connectivity index (χ3v) is 5.59. The highest BCUT2D eigenvalue weighted by molar-refractivity contribution is 6.26. The van der Waals surface area contributed by atoms with E-state index in [1.807, 2.05) is 0 Å². The first-order valence-corrected chi connectivity index (χ1v) is 10.3. The van der Waals surface area contributed by atoms with Crippen molar-refractivity contribution in [2.24, 2.45) is 5.92 Å². The molecule has 1 aliphatic heterocycles. The minimum absolute atomic E-state index is 0.140. The van der Waals surface area contributed by atoms with E-state index in [0.29, 0.717) is 11.3 Å². The van der Waals surface area contributed by atoms with Gasteiger partial charge in [0.05, 0.1) is 0 Å². The summed E-state index contributed by atoms with van der Waals surface area (Å²) >= 11 is 0. The third kappa shape index (κ3) is 3.33. The van der Waals surface area contributed by atoms with Crippen molar-refractivity contribution in [1.29, 1.82) is 0 Å². The van der Waals surface area contributed by atoms with Crippen LogP contribution in [0, 0.1) is 11.7 Å². The van der Waals surface area contributed by atoms with Crippen LogP contribution in [-0.2, 0) is 19.9 Å². The number of ether oxygens (including phenoxy) is 1. The van der Waals surface area contributed by atoms with Gasteiger partial charge in [-0.15, -0.1) is 0 Å². The summed E-state index contributed by atoms with van der Waals surface area (Å²) in [4.78, 5) is 40.8. The molecule has 1 N–H and O–H groups in total. The third-order valence-electron chi connectivity index (χ3n) is 5.59. The highest BCUT2D eigenvalue weighted by Crippen LogP contribution is 2.59. The van der Waals surface area contributed by atoms with Crippen molar-refractivity contribution in [3.05, 3.63) is 102 Å². The smallest absolute Gasteiger partial charge is 0.268 e. The fraction of sp³-hybridized carbons (Fsp3) is 0.192. The number of nitrogens with one attached hydrogen (secondary N) is 1. The van der Waals surface area contributed by atoms with Gasteiger partial charge in [0.2, 0.25) is 17.0 Å². The predicted octanol–water partition coefficient (Wildman–Crippen LogP) is 4.54. The number of Topliss-reactive ketones (excluding diaryl/α,β-unsaturated/α-hetero) is 2. The number of amides is 1. The van der Waals surface area contributed by atoms with E-state index in [1.165, 1.54) is 12.1 Å². The van der Waals surface area contributed by atoms with Crippen molar-refractivity contribution in [3.8, 4) is 0 Å². The van der Waals surface area contributed by atoms with Crippen LogP contribution in [0.2, 0.25) is 0 Å². The molecule has 6 heteroatoms. The van der Waals surface area contributed by atoms with Crippen molar-refractivity contribution in [3.63, 3.8) is 0 Å². The Morgan fingerprint density at radius 3 is 1.97 bits per heavy atom. The summed E-state index contributed by atoms with van der Waals surface area (Å²) in [5, 5.41) is 2.72. The van der Waals surface area contributed by atoms with Crippen molar-refractivity contribution in [1.82, 2.24) is 0 Å². The van der Waals surface area contributed by atoms with Crippen molar-refractivity contribution in [2.75, 3.05) is 5.32 Å². The molecular formula is C26H22FNO4. The number of carbonyl (C=O) groups excluding carboxylic acids is 3. The number of benzene rings is 3. The van der Waals surface area contributed by atoms with Crippen molar-refractivity contribution in [2.45, 2.75) is 25.0 Å². The van der Waals surface area contributed by atoms with E-state index in [-0.39, 0.29) is 5.56 Å². The zero-order valence-corrected chi connectivity index (χ0v) is 17.7. The SMILES string of the molecule is CC(C)C(=O)C1(C(=O)Nc2ccccc2)OC1(C(=O)c1ccc(F)cc1)c1ccccc1. The van der Waals surface area contributed by atoms with Gasteiger partial charge in [-0.1, -0.05) is 62.4 Å². The van der Waals surface area contributed by atoms with Crippen LogP contribution >= 0.6 is 0 Å². The zero-order chi connectivity index (χ0) is 22.9. The van der Waals surface area contributed by atoms with E-state index in [1.54, 1.807) is 74.5 Å². The van der Waals surface area contributed by atoms with Gasteiger partial charge < -0.3 is 10.1 Å². The Hall–Kier alpha value is -3.64. The molecular weight excluding hydrogens is 409 g/mol. The Morgan fingerprint density at radius 1 is 0.844 bits per heavy atom. The molecule has 0 aliphatic carbocycles. The van der Waals surface area contributed by atoms with Gasteiger partial charge in [0.25, 0.3) is 5.91 Å². The number of ketones is 2. The van der Waals surface area contributed by atoms with Crippen LogP contribution in [-0.4, -0.2) is 23.1 Å². The maximum atomic E-state index is 13.8. The van der Waals surface area contributed by atoms with Gasteiger partial charge in [0.15, 0.2) is 5.78 Å². The summed E-state index contributed by atoms with van der Waals surface area (Å²) in [5.41, 5.74) is -2.91. The topological polar surface area (TPSA) is 75.8 Å². The minimum Gasteiger partial charge on any atom is -0.330 e. The Bertz CT molecular complexity index is 1160. The summed E-state index contributed by atoms with van der Waals surface area (Å²) in [6.45, 7) is 3.30. The van der Waals surface area contributed by atoms with E-state index in [9.17, 15) is 18.8 Å². The predicted molar refractivity (Wildman–Crippen MR) is 118 cm³/mol. The Balaban J connectivity index is 1.87. The molecule has 1 saturated heterocycles. The van der Waals surface area contributed by atoms with Crippen LogP contribution in [0.5, 0.6) is 0 Å². The number of epoxide rings is 1. The molecule has 1 aliphatic rings. The molecule has 2 unspecified atom stereocenters. The molecule has 3 aromatic rings. The number of hydrogen-bond acceptors (Lipinski definition) is 4. The lowest BCUT2D eigenvalue weighted by atomic mass is 9.75. The first kappa shape index (κ1) is 21.6. The molecule has 0 spiro atoms. The average Bonchev–Trinajstić information content (AvgIpc) is 3.52. The van der Waals surface area contributed by atoms with Gasteiger partial charge in [0, 0.05) is 17.2 Å². The van der Waals surface area contributed by atoms with Crippen LogP contribution in [0.25, 0.3) is 0 Å². The molecule has 162 valence electrons. The van der Waals surface area contributed by atoms with Crippen LogP contribution in [0.1, 0.15) is 29.8 Å². The van der Waals surface area contributed by atoms with Crippen molar-refractivity contribution >= 4 is 23.2 Å². The molecule has 32 heavy (non-hydrogen) atoms. The lowest BCUT2D eigenvalue weighted by Crippen LogP contribution is -2.48. The second-order valence-corrected chi connectivity index (χ2v) is 8.01. The normalized spacial score (nSPS) is 21.8. The molecule has 1 fully saturated rings. The zero-order valence-electron chi connectivity index (χ0n) is 17.7. The summed E-state index contributed by atoms with van der Waals surface area (Å²) in [6.07, 6.45) is 0. The van der Waals surface area contributed by atoms with Crippen LogP contribution in [0.15, 0.2) is 84.9 Å². The molecule has 3 aromatic carbocycles. The number of halogens is 1. The highest BCUT2D eigenvalue weighted by Gasteiger charge is 2.83. The monoisotopic (exact) mass is 431 g/mol. The molecule has 2 atom stereocenters. The van der Waals surface area contributed by atoms with Crippen LogP contribution in [0.3, 0.4) is 0 Å². The number of para-hydroxylation sites is 1. The van der Waals surface area contributed by atoms with Gasteiger partial charge in [-0.2, -0.15) is 0 Å². The Morgan fingerprint density at radius 2 is 1.41 bits per heavy atom. The van der Waals surface area contributed by atoms with Gasteiger partial charge in [-0.05, 0) is 42.0 Å². The lowest BCUT2D eigenvalue weighted by Gasteiger charge is -2.20. The summed E-state index contributed by atoms with van der Waals surface area (Å²) in [7, 11) is 0. The maximum Gasteiger partial charge on any atom is 0.268 e. The highest BCUT2D eigenvalue weighted by atomic mass is 19.1. The summed E-state index contributed by atoms with van der Waals surface area (Å²) < 4.78 is 19.5. The maximum absolute atomic E-state index is 13.8. The first-order chi connectivity index (χ1) is 15.3. The number of rotatable bonds is 7. The summed E-state index contributed by atoms with van der Waals surface area (Å²) in [5.74, 6) is -2.89. The molecule has 5 nitrogen and oxygen atoms in total. The second kappa shape index (κ2) is 8.13. The number of anilines is 1. The second-order valence-electron chi connectivity index (χ2n) is 8.01. The molecule has 0 radical (unpaired) electrons. The molecule has 4 rings (SSSR count). The van der Waals surface area contributed by atoms with Crippen LogP contribution < -0.4 is 5.32 Å². The Labute approximate surface area is 185 Å². The summed E-state index contributed by atoms with van der Waals surface area (Å²) in [6, 6.07) is 22.1. The molecule has 0 aromatic heterocycles. The van der Waals surface area contributed by atoms with Gasteiger partial charge >= 0.3 is 0 Å². The fourth-order valence-electron chi connectivity index (χ4n) is 3.97. The average molecular weight is 431 g/mol. The van der Waals surface area contributed by atoms with E-state index in [4.69, 9.17) is 4.74 Å². The van der Waals surface area contributed by atoms with Gasteiger partial charge in [-0.25, -0.2) is 4.39 Å². The quantitative estimate of drug-likeness (QED) is 0.339. The van der Waals surface area contributed by atoms with Gasteiger partial charge in [-0.3, -0.25) is 14.4 Å². The Kier molecular flexibility index (Phi) is 5.48. The van der Waals surface area contributed by atoms with E-state index < -0.39 is 40.4 Å². The van der Waals surface area contributed by atoms with E-state index >= 15 is 0 Å². The molecule has 1 heterocycles. The van der Waals surface area contributed by atoms with E-state index in [0.717, 1.165) is 12.1 Å². The minimum atomic E-state index is -2.05. The molecule has 0 bridgehead atoms. The molecule has 0 saturated carbocycles. The van der Waals surface area contributed by atoms with Gasteiger partial charge in [0.1, 0.15) is 5.82 Å². The number of hydrogen-bond donors (Lipinski definition) is 1. The van der Waals surface area contributed by atoms with E-state index in [2.05, 4.69) is 5.32 Å². The standard InChI is InChI=1S/C26H22FNO4/c1-17(2)22(29)26(24(31)28-21-11-7-4-8-12-21)25(32-26,19-9-5-3-6-10-19)23(30)18-13-15-20(27)16-14-18/h3-17H,1-2H3,(H,28,31). The fourth-order valence-corrected chi connectivity index (χ4v) is 3.97. The largest absolute Gasteiger partial charge is 0.330 e. The lowest BCUT2D eigenvalue weighted by molar-refractivity contribution is -0.135. The first-order valence-electron chi connectivity index (χ1n) is 10.3.